The number of aliphatic hydroxyl groups is 1. The number of primary sulfonamides is 1. The zero-order valence-electron chi connectivity index (χ0n) is 72.9. The third-order valence-corrected chi connectivity index (χ3v) is 23.3. The lowest BCUT2D eigenvalue weighted by Gasteiger charge is -2.30. The van der Waals surface area contributed by atoms with Crippen molar-refractivity contribution in [3.8, 4) is 50.8 Å². The molecule has 3 aliphatic carbocycles. The van der Waals surface area contributed by atoms with E-state index in [1.54, 1.807) is 70.1 Å². The number of fused-ring (bicyclic) bond motifs is 1. The second-order valence-corrected chi connectivity index (χ2v) is 34.0. The third-order valence-electron chi connectivity index (χ3n) is 22.3. The molecule has 16 aromatic rings. The Labute approximate surface area is 758 Å². The van der Waals surface area contributed by atoms with Crippen LogP contribution in [0.5, 0.6) is 5.75 Å². The number of phenolic OH excluding ortho intramolecular Hbond substituents is 1. The first-order valence-corrected chi connectivity index (χ1v) is 45.6. The summed E-state index contributed by atoms with van der Waals surface area (Å²) in [5.41, 5.74) is 13.4. The second kappa shape index (κ2) is 41.9. The number of nitrogens with one attached hydrogen (secondary N) is 7. The first kappa shape index (κ1) is 88.1. The number of nitrogens with zero attached hydrogens (tertiary/aromatic N) is 22. The number of aromatic nitrogens is 20. The number of morpholine rings is 1. The van der Waals surface area contributed by atoms with Crippen molar-refractivity contribution in [3.63, 3.8) is 0 Å². The molecule has 2 aliphatic heterocycles. The molecule has 21 rings (SSSR count). The molecule has 2 saturated heterocycles. The summed E-state index contributed by atoms with van der Waals surface area (Å²) in [7, 11) is -1.90. The van der Waals surface area contributed by atoms with Crippen molar-refractivity contribution in [3.05, 3.63) is 262 Å². The van der Waals surface area contributed by atoms with Crippen molar-refractivity contribution >= 4 is 102 Å². The number of pyridine rings is 3. The molecular weight excluding hydrogens is 1670 g/mol. The second-order valence-electron chi connectivity index (χ2n) is 32.4. The lowest BCUT2D eigenvalue weighted by Crippen LogP contribution is -2.44. The quantitative estimate of drug-likeness (QED) is 0.0238. The largest absolute Gasteiger partial charge is 0.508 e. The van der Waals surface area contributed by atoms with Crippen LogP contribution in [0.1, 0.15) is 101 Å². The maximum absolute atomic E-state index is 11.5. The summed E-state index contributed by atoms with van der Waals surface area (Å²) in [4.78, 5) is 49.7. The number of hydrogen-bond acceptors (Lipinski definition) is 29. The number of ether oxygens (including phenoxy) is 1. The number of anilines is 14. The van der Waals surface area contributed by atoms with Gasteiger partial charge in [0.1, 0.15) is 60.7 Å². The number of nitrogens with two attached hydrogens (primary N) is 1. The van der Waals surface area contributed by atoms with E-state index in [1.807, 2.05) is 176 Å². The highest BCUT2D eigenvalue weighted by Gasteiger charge is 2.28. The monoisotopic (exact) mass is 1780 g/mol. The molecular formula is C95H104N30O5S. The van der Waals surface area contributed by atoms with Crippen LogP contribution in [-0.2, 0) is 28.4 Å². The molecule has 0 bridgehead atoms. The minimum Gasteiger partial charge on any atom is -0.508 e. The van der Waals surface area contributed by atoms with Crippen LogP contribution in [0.25, 0.3) is 55.9 Å². The number of piperazine rings is 1. The fourth-order valence-corrected chi connectivity index (χ4v) is 15.7. The van der Waals surface area contributed by atoms with Gasteiger partial charge in [-0.25, -0.2) is 82.1 Å². The van der Waals surface area contributed by atoms with Gasteiger partial charge in [-0.05, 0) is 142 Å². The van der Waals surface area contributed by atoms with Crippen molar-refractivity contribution < 1.29 is 23.4 Å². The van der Waals surface area contributed by atoms with Gasteiger partial charge in [-0.3, -0.25) is 4.68 Å². The molecule has 670 valence electrons. The van der Waals surface area contributed by atoms with Crippen molar-refractivity contribution in [2.45, 2.75) is 107 Å². The van der Waals surface area contributed by atoms with Gasteiger partial charge in [0, 0.05) is 97.9 Å². The van der Waals surface area contributed by atoms with Crippen molar-refractivity contribution in [1.29, 1.82) is 0 Å². The standard InChI is InChI=1S/C22H19N5.C20H26N8O3S.C19H22N8.C18H15N5.C16H22N4O2/c1-3-7-16(8-4-1)18-13-20(17-9-5-2-6-10-17)24-21(14-18)25-22-23-15-27(26-22)19-11-12-19;1-14(2)28-13-23-20(26-28)25-17-11-19(22-12-18(17)27-7-9-31-10-8-27)24-15-3-5-16(6-4-15)32(21,29)30;1-2-4-14(5-3-1)18-22-16(12-17(24-18)26-10-8-20-9-11-26)23-19-21-13-27(25-19)15-6-7-15;1-23-12-19-18(22-23)21-17-11-16(13-7-3-2-4-8-13)20-15-10-6-5-9-14(15)17;21-9-8-20-11-17-16(19-20)18-13-6-7-15(22)14(10-13)12-4-2-1-3-5-12/h1-10,13-15,19H,11-12H2,(H,24,25,26);3-6,11-14H,7-10H2,1-2H3,(H2,21,29,30)(H2,22,24,25,26);1-5,12-13,15,20H,6-11H2,(H,22,23,24,25);2-12H,1H3,(H,20,21,22);6-7,10-12,21-22H,1-5,8-9H2,(H,18,19). The molecule has 0 atom stereocenters. The molecule has 0 spiro atoms. The van der Waals surface area contributed by atoms with Crippen LogP contribution < -0.4 is 52.2 Å². The average Bonchev–Trinajstić information content (AvgIpc) is 1.77. The van der Waals surface area contributed by atoms with E-state index in [9.17, 15) is 13.5 Å². The molecule has 36 heteroatoms. The first-order valence-electron chi connectivity index (χ1n) is 44.0. The maximum atomic E-state index is 11.5. The van der Waals surface area contributed by atoms with Crippen LogP contribution in [0.3, 0.4) is 0 Å². The minimum atomic E-state index is -3.74. The Morgan fingerprint density at radius 2 is 1.05 bits per heavy atom. The van der Waals surface area contributed by atoms with E-state index in [2.05, 4.69) is 145 Å². The van der Waals surface area contributed by atoms with Gasteiger partial charge in [0.15, 0.2) is 5.82 Å². The van der Waals surface area contributed by atoms with Crippen LogP contribution in [0.4, 0.5) is 81.5 Å². The first-order chi connectivity index (χ1) is 64.0. The zero-order valence-corrected chi connectivity index (χ0v) is 73.8. The van der Waals surface area contributed by atoms with Crippen molar-refractivity contribution in [2.75, 3.05) is 101 Å². The van der Waals surface area contributed by atoms with Crippen LogP contribution >= 0.6 is 0 Å². The van der Waals surface area contributed by atoms with Crippen LogP contribution in [0.15, 0.2) is 261 Å². The SMILES string of the molecule is CC(C)n1cnc(Nc2cc(Nc3ccc(S(N)(=O)=O)cc3)ncc2N2CCOCC2)n1.Cn1cnc(Nc2cc(-c3ccccc3)nc3ccccc23)n1.OCCn1cnc(Nc2ccc(O)c(C3CCCCC3)c2)n1.c1ccc(-c2cc(Nc3ncn(C4CC4)n3)nc(-c3ccccc3)c2)cc1.c1ccc(-c2nc(Nc3ncn(C4CC4)n3)cc(N3CCNCC3)n2)cc1. The fraction of sp³-hybridized carbons (Fsp3) is 0.274. The molecule has 3 saturated carbocycles. The van der Waals surface area contributed by atoms with E-state index in [1.165, 1.54) is 57.1 Å². The van der Waals surface area contributed by atoms with Gasteiger partial charge >= 0.3 is 0 Å². The number of rotatable bonds is 25. The van der Waals surface area contributed by atoms with Gasteiger partial charge in [0.2, 0.25) is 39.8 Å². The molecule has 0 radical (unpaired) electrons. The summed E-state index contributed by atoms with van der Waals surface area (Å²) >= 11 is 0. The molecule has 7 aromatic carbocycles. The van der Waals surface area contributed by atoms with E-state index >= 15 is 0 Å². The van der Waals surface area contributed by atoms with E-state index in [-0.39, 0.29) is 17.5 Å². The summed E-state index contributed by atoms with van der Waals surface area (Å²) in [6.07, 6.45) is 21.1. The molecule has 131 heavy (non-hydrogen) atoms. The Balaban J connectivity index is 0.000000115. The van der Waals surface area contributed by atoms with Crippen molar-refractivity contribution in [2.24, 2.45) is 12.2 Å². The van der Waals surface area contributed by atoms with Crippen LogP contribution in [0.2, 0.25) is 0 Å². The van der Waals surface area contributed by atoms with Gasteiger partial charge in [0.25, 0.3) is 0 Å². The van der Waals surface area contributed by atoms with Gasteiger partial charge < -0.3 is 62.0 Å². The number of para-hydroxylation sites is 1. The highest BCUT2D eigenvalue weighted by atomic mass is 32.2. The Hall–Kier alpha value is -15.0. The molecule has 0 amide bonds. The highest BCUT2D eigenvalue weighted by molar-refractivity contribution is 7.89. The van der Waals surface area contributed by atoms with E-state index < -0.39 is 10.0 Å². The average molecular weight is 1780 g/mol. The van der Waals surface area contributed by atoms with Gasteiger partial charge in [-0.1, -0.05) is 159 Å². The van der Waals surface area contributed by atoms with E-state index in [4.69, 9.17) is 34.9 Å². The van der Waals surface area contributed by atoms with E-state index in [0.29, 0.717) is 96.4 Å². The number of phenols is 1. The lowest BCUT2D eigenvalue weighted by molar-refractivity contribution is 0.122. The smallest absolute Gasteiger partial charge is 0.247 e. The molecule has 5 aliphatic rings. The number of sulfonamides is 1. The van der Waals surface area contributed by atoms with E-state index in [0.717, 1.165) is 142 Å². The van der Waals surface area contributed by atoms with Gasteiger partial charge in [-0.2, -0.15) is 0 Å². The van der Waals surface area contributed by atoms with Gasteiger partial charge in [-0.15, -0.1) is 25.5 Å². The number of aliphatic hydroxyl groups excluding tert-OH is 1. The number of aryl methyl sites for hydroxylation is 1. The Kier molecular flexibility index (Phi) is 28.1. The highest BCUT2D eigenvalue weighted by Crippen LogP contribution is 2.41. The minimum absolute atomic E-state index is 0.0356. The fourth-order valence-electron chi connectivity index (χ4n) is 15.2. The van der Waals surface area contributed by atoms with Crippen LogP contribution in [-0.4, -0.2) is 176 Å². The lowest BCUT2D eigenvalue weighted by atomic mass is 9.83. The normalized spacial score (nSPS) is 14.4. The van der Waals surface area contributed by atoms with Crippen molar-refractivity contribution in [1.82, 2.24) is 104 Å². The third kappa shape index (κ3) is 23.9. The zero-order chi connectivity index (χ0) is 89.8. The molecule has 9 aromatic heterocycles. The molecule has 11 heterocycles. The number of hydrogen-bond donors (Lipinski definition) is 10. The maximum Gasteiger partial charge on any atom is 0.247 e. The van der Waals surface area contributed by atoms with Crippen LogP contribution in [0, 0.1) is 0 Å². The molecule has 0 unspecified atom stereocenters. The summed E-state index contributed by atoms with van der Waals surface area (Å²) in [6, 6.07) is 71.8. The number of benzene rings is 7. The molecule has 5 fully saturated rings. The summed E-state index contributed by atoms with van der Waals surface area (Å²) < 4.78 is 37.3. The predicted octanol–water partition coefficient (Wildman–Crippen LogP) is 16.1. The summed E-state index contributed by atoms with van der Waals surface area (Å²) in [5, 5.41) is 70.1. The Morgan fingerprint density at radius 1 is 0.481 bits per heavy atom. The Bertz CT molecular complexity index is 6480. The summed E-state index contributed by atoms with van der Waals surface area (Å²) in [6.45, 7) is 11.1. The Morgan fingerprint density at radius 3 is 1.68 bits per heavy atom. The molecule has 35 nitrogen and oxygen atoms in total. The van der Waals surface area contributed by atoms with Gasteiger partial charge in [0.05, 0.1) is 83.5 Å². The predicted molar refractivity (Wildman–Crippen MR) is 509 cm³/mol. The topological polar surface area (TPSA) is 419 Å². The number of aromatic hydroxyl groups is 1. The molecule has 11 N–H and O–H groups in total. The summed E-state index contributed by atoms with van der Waals surface area (Å²) in [5.74, 6) is 7.19.